The van der Waals surface area contributed by atoms with Crippen LogP contribution in [-0.4, -0.2) is 23.0 Å². The number of hydrogen-bond donors (Lipinski definition) is 1. The highest BCUT2D eigenvalue weighted by Crippen LogP contribution is 2.29. The highest BCUT2D eigenvalue weighted by molar-refractivity contribution is 6.30. The van der Waals surface area contributed by atoms with E-state index in [0.29, 0.717) is 0 Å². The van der Waals surface area contributed by atoms with Gasteiger partial charge in [0.05, 0.1) is 0 Å². The lowest BCUT2D eigenvalue weighted by Gasteiger charge is -2.32. The standard InChI is InChI=1S/C21H28ClN3/c22-21-7-5-19(6-8-21)15-25(16-20-9-11-24-12-10-20)14-18-3-1-17(13-23)2-4-18/h5-12,17-18H,1-4,13-16,23H2. The van der Waals surface area contributed by atoms with E-state index in [4.69, 9.17) is 17.3 Å². The first kappa shape index (κ1) is 18.4. The van der Waals surface area contributed by atoms with Crippen molar-refractivity contribution in [3.05, 3.63) is 64.9 Å². The quantitative estimate of drug-likeness (QED) is 0.793. The first-order chi connectivity index (χ1) is 12.2. The fourth-order valence-electron chi connectivity index (χ4n) is 3.79. The molecule has 1 aliphatic carbocycles. The van der Waals surface area contributed by atoms with Crippen LogP contribution in [0.4, 0.5) is 0 Å². The highest BCUT2D eigenvalue weighted by Gasteiger charge is 2.22. The van der Waals surface area contributed by atoms with Crippen LogP contribution in [-0.2, 0) is 13.1 Å². The van der Waals surface area contributed by atoms with Crippen molar-refractivity contribution in [2.75, 3.05) is 13.1 Å². The molecule has 0 spiro atoms. The predicted molar refractivity (Wildman–Crippen MR) is 104 cm³/mol. The van der Waals surface area contributed by atoms with Gasteiger partial charge in [-0.1, -0.05) is 23.7 Å². The number of pyridine rings is 1. The van der Waals surface area contributed by atoms with Crippen LogP contribution in [0.15, 0.2) is 48.8 Å². The SMILES string of the molecule is NCC1CCC(CN(Cc2ccncc2)Cc2ccc(Cl)cc2)CC1. The molecule has 0 atom stereocenters. The van der Waals surface area contributed by atoms with E-state index in [-0.39, 0.29) is 0 Å². The van der Waals surface area contributed by atoms with Gasteiger partial charge in [-0.2, -0.15) is 0 Å². The average molecular weight is 358 g/mol. The van der Waals surface area contributed by atoms with Gasteiger partial charge in [0.25, 0.3) is 0 Å². The predicted octanol–water partition coefficient (Wildman–Crippen LogP) is 4.50. The third-order valence-electron chi connectivity index (χ3n) is 5.29. The summed E-state index contributed by atoms with van der Waals surface area (Å²) in [6, 6.07) is 12.4. The van der Waals surface area contributed by atoms with Crippen LogP contribution in [0.3, 0.4) is 0 Å². The van der Waals surface area contributed by atoms with Crippen molar-refractivity contribution >= 4 is 11.6 Å². The number of rotatable bonds is 7. The molecule has 0 radical (unpaired) electrons. The number of hydrogen-bond acceptors (Lipinski definition) is 3. The lowest BCUT2D eigenvalue weighted by Crippen LogP contribution is -2.32. The zero-order chi connectivity index (χ0) is 17.5. The Kier molecular flexibility index (Phi) is 6.85. The summed E-state index contributed by atoms with van der Waals surface area (Å²) in [5, 5.41) is 0.796. The summed E-state index contributed by atoms with van der Waals surface area (Å²) < 4.78 is 0. The second-order valence-electron chi connectivity index (χ2n) is 7.27. The summed E-state index contributed by atoms with van der Waals surface area (Å²) in [6.07, 6.45) is 8.92. The average Bonchev–Trinajstić information content (AvgIpc) is 2.65. The van der Waals surface area contributed by atoms with Gasteiger partial charge in [-0.15, -0.1) is 0 Å². The molecule has 0 unspecified atom stereocenters. The molecular formula is C21H28ClN3. The highest BCUT2D eigenvalue weighted by atomic mass is 35.5. The fraction of sp³-hybridized carbons (Fsp3) is 0.476. The van der Waals surface area contributed by atoms with E-state index in [9.17, 15) is 0 Å². The van der Waals surface area contributed by atoms with Crippen LogP contribution in [0.25, 0.3) is 0 Å². The summed E-state index contributed by atoms with van der Waals surface area (Å²) >= 11 is 6.03. The number of halogens is 1. The summed E-state index contributed by atoms with van der Waals surface area (Å²) in [4.78, 5) is 6.70. The third kappa shape index (κ3) is 5.81. The smallest absolute Gasteiger partial charge is 0.0406 e. The molecule has 3 nitrogen and oxygen atoms in total. The Bertz CT molecular complexity index is 621. The van der Waals surface area contributed by atoms with Gasteiger partial charge in [-0.05, 0) is 79.5 Å². The Balaban J connectivity index is 1.64. The van der Waals surface area contributed by atoms with Crippen LogP contribution in [0, 0.1) is 11.8 Å². The molecule has 0 amide bonds. The molecule has 2 aromatic rings. The van der Waals surface area contributed by atoms with Gasteiger partial charge in [0.1, 0.15) is 0 Å². The number of benzene rings is 1. The lowest BCUT2D eigenvalue weighted by atomic mass is 9.82. The molecule has 1 aromatic heterocycles. The minimum Gasteiger partial charge on any atom is -0.330 e. The Morgan fingerprint density at radius 2 is 1.44 bits per heavy atom. The van der Waals surface area contributed by atoms with Gasteiger partial charge in [0.15, 0.2) is 0 Å². The Morgan fingerprint density at radius 3 is 2.04 bits per heavy atom. The molecule has 1 fully saturated rings. The number of nitrogens with zero attached hydrogens (tertiary/aromatic N) is 2. The van der Waals surface area contributed by atoms with E-state index < -0.39 is 0 Å². The molecule has 4 heteroatoms. The molecule has 1 aliphatic rings. The summed E-state index contributed by atoms with van der Waals surface area (Å²) in [5.74, 6) is 1.51. The molecule has 3 rings (SSSR count). The van der Waals surface area contributed by atoms with Crippen molar-refractivity contribution in [2.24, 2.45) is 17.6 Å². The van der Waals surface area contributed by atoms with Crippen molar-refractivity contribution in [2.45, 2.75) is 38.8 Å². The maximum absolute atomic E-state index is 6.03. The molecule has 1 saturated carbocycles. The van der Waals surface area contributed by atoms with Gasteiger partial charge < -0.3 is 5.73 Å². The van der Waals surface area contributed by atoms with Gasteiger partial charge >= 0.3 is 0 Å². The zero-order valence-corrected chi connectivity index (χ0v) is 15.5. The molecule has 0 saturated heterocycles. The van der Waals surface area contributed by atoms with Crippen molar-refractivity contribution in [1.29, 1.82) is 0 Å². The molecule has 134 valence electrons. The minimum absolute atomic E-state index is 0.737. The normalized spacial score (nSPS) is 20.8. The topological polar surface area (TPSA) is 42.1 Å². The first-order valence-corrected chi connectivity index (χ1v) is 9.66. The van der Waals surface area contributed by atoms with E-state index in [0.717, 1.165) is 43.0 Å². The zero-order valence-electron chi connectivity index (χ0n) is 14.8. The molecule has 0 aliphatic heterocycles. The number of aromatic nitrogens is 1. The van der Waals surface area contributed by atoms with Crippen molar-refractivity contribution in [3.63, 3.8) is 0 Å². The van der Waals surface area contributed by atoms with Gasteiger partial charge in [0.2, 0.25) is 0 Å². The maximum atomic E-state index is 6.03. The maximum Gasteiger partial charge on any atom is 0.0406 e. The van der Waals surface area contributed by atoms with E-state index in [1.807, 2.05) is 24.5 Å². The Morgan fingerprint density at radius 1 is 0.880 bits per heavy atom. The Labute approximate surface area is 156 Å². The first-order valence-electron chi connectivity index (χ1n) is 9.28. The van der Waals surface area contributed by atoms with Crippen LogP contribution in [0.2, 0.25) is 5.02 Å². The van der Waals surface area contributed by atoms with Crippen molar-refractivity contribution < 1.29 is 0 Å². The minimum atomic E-state index is 0.737. The monoisotopic (exact) mass is 357 g/mol. The Hall–Kier alpha value is -1.42. The van der Waals surface area contributed by atoms with E-state index >= 15 is 0 Å². The van der Waals surface area contributed by atoms with Crippen molar-refractivity contribution in [3.8, 4) is 0 Å². The second kappa shape index (κ2) is 9.33. The van der Waals surface area contributed by atoms with Gasteiger partial charge in [0, 0.05) is 37.1 Å². The number of nitrogens with two attached hydrogens (primary N) is 1. The van der Waals surface area contributed by atoms with Crippen LogP contribution >= 0.6 is 11.6 Å². The molecule has 1 heterocycles. The molecular weight excluding hydrogens is 330 g/mol. The van der Waals surface area contributed by atoms with Crippen LogP contribution in [0.5, 0.6) is 0 Å². The van der Waals surface area contributed by atoms with Crippen molar-refractivity contribution in [1.82, 2.24) is 9.88 Å². The molecule has 0 bridgehead atoms. The second-order valence-corrected chi connectivity index (χ2v) is 7.71. The molecule has 2 N–H and O–H groups in total. The largest absolute Gasteiger partial charge is 0.330 e. The van der Waals surface area contributed by atoms with E-state index in [1.54, 1.807) is 0 Å². The molecule has 1 aromatic carbocycles. The van der Waals surface area contributed by atoms with Crippen LogP contribution in [0.1, 0.15) is 36.8 Å². The van der Waals surface area contributed by atoms with Gasteiger partial charge in [-0.3, -0.25) is 9.88 Å². The fourth-order valence-corrected chi connectivity index (χ4v) is 3.92. The van der Waals surface area contributed by atoms with Crippen LogP contribution < -0.4 is 5.73 Å². The van der Waals surface area contributed by atoms with Gasteiger partial charge in [-0.25, -0.2) is 0 Å². The third-order valence-corrected chi connectivity index (χ3v) is 5.54. The van der Waals surface area contributed by atoms with E-state index in [1.165, 1.54) is 36.8 Å². The van der Waals surface area contributed by atoms with E-state index in [2.05, 4.69) is 34.1 Å². The summed E-state index contributed by atoms with van der Waals surface area (Å²) in [6.45, 7) is 3.90. The summed E-state index contributed by atoms with van der Waals surface area (Å²) in [7, 11) is 0. The molecule has 25 heavy (non-hydrogen) atoms. The lowest BCUT2D eigenvalue weighted by molar-refractivity contribution is 0.170. The summed E-state index contributed by atoms with van der Waals surface area (Å²) in [5.41, 5.74) is 8.47.